The molecule has 0 aromatic heterocycles. The Bertz CT molecular complexity index is 430. The monoisotopic (exact) mass is 264 g/mol. The van der Waals surface area contributed by atoms with Gasteiger partial charge in [0.15, 0.2) is 0 Å². The maximum atomic E-state index is 11.9. The minimum absolute atomic E-state index is 0.199. The fourth-order valence-electron chi connectivity index (χ4n) is 2.24. The lowest BCUT2D eigenvalue weighted by Crippen LogP contribution is -2.13. The highest BCUT2D eigenvalue weighted by Crippen LogP contribution is 2.32. The summed E-state index contributed by atoms with van der Waals surface area (Å²) in [6.45, 7) is 12.4. The predicted molar refractivity (Wildman–Crippen MR) is 76.8 cm³/mol. The highest BCUT2D eigenvalue weighted by atomic mass is 17.1. The molecule has 1 aromatic rings. The van der Waals surface area contributed by atoms with E-state index in [0.29, 0.717) is 11.5 Å². The van der Waals surface area contributed by atoms with Crippen molar-refractivity contribution in [2.45, 2.75) is 59.3 Å². The predicted octanol–water partition coefficient (Wildman–Crippen LogP) is 4.69. The molecule has 0 aliphatic rings. The second kappa shape index (κ2) is 6.20. The van der Waals surface area contributed by atoms with Crippen molar-refractivity contribution in [2.24, 2.45) is 0 Å². The van der Waals surface area contributed by atoms with Crippen LogP contribution in [0, 0.1) is 0 Å². The summed E-state index contributed by atoms with van der Waals surface area (Å²) in [5, 5.41) is 8.73. The fraction of sp³-hybridized carbons (Fsp3) is 0.562. The van der Waals surface area contributed by atoms with Gasteiger partial charge < -0.3 is 0 Å². The first-order valence-electron chi connectivity index (χ1n) is 6.83. The van der Waals surface area contributed by atoms with Crippen LogP contribution < -0.4 is 0 Å². The quantitative estimate of drug-likeness (QED) is 0.634. The van der Waals surface area contributed by atoms with Crippen molar-refractivity contribution in [3.05, 3.63) is 34.4 Å². The number of rotatable bonds is 4. The van der Waals surface area contributed by atoms with E-state index in [1.807, 2.05) is 39.8 Å². The van der Waals surface area contributed by atoms with Crippen LogP contribution in [0.2, 0.25) is 0 Å². The van der Waals surface area contributed by atoms with Gasteiger partial charge in [-0.05, 0) is 34.4 Å². The summed E-state index contributed by atoms with van der Waals surface area (Å²) in [6.07, 6.45) is 0. The largest absolute Gasteiger partial charge is 0.373 e. The zero-order chi connectivity index (χ0) is 14.7. The Hall–Kier alpha value is -1.35. The Kier molecular flexibility index (Phi) is 5.12. The van der Waals surface area contributed by atoms with E-state index in [-0.39, 0.29) is 11.8 Å². The molecule has 0 fully saturated rings. The van der Waals surface area contributed by atoms with Crippen molar-refractivity contribution in [3.8, 4) is 0 Å². The average molecular weight is 264 g/mol. The Labute approximate surface area is 115 Å². The molecule has 0 aliphatic carbocycles. The van der Waals surface area contributed by atoms with Crippen LogP contribution in [0.3, 0.4) is 0 Å². The summed E-state index contributed by atoms with van der Waals surface area (Å²) >= 11 is 0. The molecule has 1 N–H and O–H groups in total. The molecule has 1 rings (SSSR count). The molecule has 1 aromatic carbocycles. The second-order valence-corrected chi connectivity index (χ2v) is 5.92. The van der Waals surface area contributed by atoms with Crippen molar-refractivity contribution in [3.63, 3.8) is 0 Å². The van der Waals surface area contributed by atoms with Crippen LogP contribution in [0.1, 0.15) is 86.3 Å². The third-order valence-electron chi connectivity index (χ3n) is 3.42. The molecular formula is C16H24O3. The first kappa shape index (κ1) is 15.7. The van der Waals surface area contributed by atoms with E-state index in [2.05, 4.69) is 18.7 Å². The first-order valence-corrected chi connectivity index (χ1v) is 6.83. The summed E-state index contributed by atoms with van der Waals surface area (Å²) in [6, 6.07) is 4.10. The minimum atomic E-state index is -0.664. The lowest BCUT2D eigenvalue weighted by molar-refractivity contribution is -0.183. The Balaban J connectivity index is 3.60. The van der Waals surface area contributed by atoms with Gasteiger partial charge >= 0.3 is 5.97 Å². The van der Waals surface area contributed by atoms with E-state index < -0.39 is 5.97 Å². The number of carbonyl (C=O) groups excluding carboxylic acids is 1. The zero-order valence-corrected chi connectivity index (χ0v) is 12.7. The van der Waals surface area contributed by atoms with Crippen LogP contribution in [-0.2, 0) is 4.89 Å². The Morgan fingerprint density at radius 2 is 1.37 bits per heavy atom. The van der Waals surface area contributed by atoms with Crippen molar-refractivity contribution < 1.29 is 14.9 Å². The molecule has 0 unspecified atom stereocenters. The van der Waals surface area contributed by atoms with Gasteiger partial charge in [0.05, 0.1) is 5.56 Å². The number of hydrogen-bond donors (Lipinski definition) is 1. The van der Waals surface area contributed by atoms with Crippen LogP contribution >= 0.6 is 0 Å². The molecule has 0 atom stereocenters. The summed E-state index contributed by atoms with van der Waals surface area (Å²) in [4.78, 5) is 15.9. The van der Waals surface area contributed by atoms with Crippen molar-refractivity contribution in [1.29, 1.82) is 0 Å². The van der Waals surface area contributed by atoms with Gasteiger partial charge in [0.1, 0.15) is 0 Å². The smallest absolute Gasteiger partial charge is 0.295 e. The molecule has 0 saturated carbocycles. The van der Waals surface area contributed by atoms with Crippen molar-refractivity contribution in [1.82, 2.24) is 0 Å². The van der Waals surface area contributed by atoms with Crippen LogP contribution in [0.25, 0.3) is 0 Å². The maximum Gasteiger partial charge on any atom is 0.373 e. The topological polar surface area (TPSA) is 46.5 Å². The van der Waals surface area contributed by atoms with Gasteiger partial charge in [-0.3, -0.25) is 4.89 Å². The molecule has 0 radical (unpaired) electrons. The van der Waals surface area contributed by atoms with Crippen molar-refractivity contribution in [2.75, 3.05) is 0 Å². The van der Waals surface area contributed by atoms with E-state index in [0.717, 1.165) is 11.1 Å². The van der Waals surface area contributed by atoms with Gasteiger partial charge in [0.2, 0.25) is 0 Å². The van der Waals surface area contributed by atoms with Crippen molar-refractivity contribution >= 4 is 5.97 Å². The van der Waals surface area contributed by atoms with E-state index >= 15 is 0 Å². The SMILES string of the molecule is CC(C)c1cc(C(C)C)c(C(=O)OO)c(C(C)C)c1. The van der Waals surface area contributed by atoms with Gasteiger partial charge in [0.25, 0.3) is 0 Å². The van der Waals surface area contributed by atoms with Gasteiger partial charge in [0, 0.05) is 0 Å². The van der Waals surface area contributed by atoms with E-state index in [4.69, 9.17) is 5.26 Å². The van der Waals surface area contributed by atoms with Gasteiger partial charge in [-0.15, -0.1) is 0 Å². The summed E-state index contributed by atoms with van der Waals surface area (Å²) in [7, 11) is 0. The Morgan fingerprint density at radius 3 is 1.63 bits per heavy atom. The highest BCUT2D eigenvalue weighted by Gasteiger charge is 2.23. The third-order valence-corrected chi connectivity index (χ3v) is 3.42. The number of hydrogen-bond acceptors (Lipinski definition) is 3. The molecule has 3 nitrogen and oxygen atoms in total. The molecule has 0 aliphatic heterocycles. The molecule has 0 bridgehead atoms. The second-order valence-electron chi connectivity index (χ2n) is 5.92. The molecule has 3 heteroatoms. The molecular weight excluding hydrogens is 240 g/mol. The normalized spacial score (nSPS) is 11.5. The number of carbonyl (C=O) groups is 1. The van der Waals surface area contributed by atoms with E-state index in [9.17, 15) is 4.79 Å². The standard InChI is InChI=1S/C16H24O3/c1-9(2)12-7-13(10(3)4)15(16(17)19-18)14(8-12)11(5)6/h7-11,18H,1-6H3. The minimum Gasteiger partial charge on any atom is -0.295 e. The van der Waals surface area contributed by atoms with Crippen LogP contribution in [0.5, 0.6) is 0 Å². The van der Waals surface area contributed by atoms with E-state index in [1.54, 1.807) is 0 Å². The molecule has 0 spiro atoms. The van der Waals surface area contributed by atoms with Gasteiger partial charge in [-0.25, -0.2) is 4.79 Å². The molecule has 0 saturated heterocycles. The van der Waals surface area contributed by atoms with Gasteiger partial charge in [-0.2, -0.15) is 5.26 Å². The molecule has 0 amide bonds. The molecule has 19 heavy (non-hydrogen) atoms. The lowest BCUT2D eigenvalue weighted by atomic mass is 9.84. The zero-order valence-electron chi connectivity index (χ0n) is 12.7. The molecule has 106 valence electrons. The summed E-state index contributed by atoms with van der Waals surface area (Å²) in [5.41, 5.74) is 3.60. The summed E-state index contributed by atoms with van der Waals surface area (Å²) < 4.78 is 0. The Morgan fingerprint density at radius 1 is 0.947 bits per heavy atom. The van der Waals surface area contributed by atoms with E-state index in [1.165, 1.54) is 5.56 Å². The fourth-order valence-corrected chi connectivity index (χ4v) is 2.24. The highest BCUT2D eigenvalue weighted by molar-refractivity contribution is 5.93. The summed E-state index contributed by atoms with van der Waals surface area (Å²) in [5.74, 6) is 0.132. The maximum absolute atomic E-state index is 11.9. The number of benzene rings is 1. The first-order chi connectivity index (χ1) is 8.79. The van der Waals surface area contributed by atoms with Gasteiger partial charge in [-0.1, -0.05) is 53.7 Å². The van der Waals surface area contributed by atoms with Crippen LogP contribution in [0.15, 0.2) is 12.1 Å². The lowest BCUT2D eigenvalue weighted by Gasteiger charge is -2.20. The average Bonchev–Trinajstić information content (AvgIpc) is 2.35. The third kappa shape index (κ3) is 3.35. The molecule has 0 heterocycles. The van der Waals surface area contributed by atoms with Crippen LogP contribution in [-0.4, -0.2) is 11.2 Å². The van der Waals surface area contributed by atoms with Crippen LogP contribution in [0.4, 0.5) is 0 Å².